The summed E-state index contributed by atoms with van der Waals surface area (Å²) in [7, 11) is 0. The van der Waals surface area contributed by atoms with E-state index in [9.17, 15) is 9.90 Å². The number of benzene rings is 1. The Labute approximate surface area is 104 Å². The van der Waals surface area contributed by atoms with Gasteiger partial charge >= 0.3 is 0 Å². The van der Waals surface area contributed by atoms with E-state index in [1.165, 1.54) is 0 Å². The normalized spacial score (nSPS) is 11.9. The molecule has 1 aromatic rings. The average Bonchev–Trinajstić information content (AvgIpc) is 2.15. The fourth-order valence-electron chi connectivity index (χ4n) is 1.80. The maximum absolute atomic E-state index is 12.0. The van der Waals surface area contributed by atoms with E-state index in [1.807, 2.05) is 40.7 Å². The highest BCUT2D eigenvalue weighted by molar-refractivity contribution is 5.96. The summed E-state index contributed by atoms with van der Waals surface area (Å²) in [6, 6.07) is 5.14. The van der Waals surface area contributed by atoms with E-state index in [1.54, 1.807) is 12.1 Å². The number of carbonyl (C=O) groups excluding carboxylic acids is 1. The van der Waals surface area contributed by atoms with Gasteiger partial charge in [-0.05, 0) is 35.1 Å². The molecule has 0 unspecified atom stereocenters. The number of phenols is 1. The number of ketones is 1. The van der Waals surface area contributed by atoms with Gasteiger partial charge < -0.3 is 5.11 Å². The number of hydrogen-bond donors (Lipinski definition) is 1. The van der Waals surface area contributed by atoms with Crippen LogP contribution in [0.5, 0.6) is 5.75 Å². The summed E-state index contributed by atoms with van der Waals surface area (Å²) in [5, 5.41) is 9.82. The lowest BCUT2D eigenvalue weighted by molar-refractivity contribution is 0.0967. The van der Waals surface area contributed by atoms with E-state index in [-0.39, 0.29) is 16.9 Å². The second-order valence-electron chi connectivity index (χ2n) is 6.00. The van der Waals surface area contributed by atoms with Crippen molar-refractivity contribution in [2.45, 2.75) is 46.5 Å². The maximum atomic E-state index is 12.0. The van der Waals surface area contributed by atoms with Crippen LogP contribution in [0.25, 0.3) is 0 Å². The Kier molecular flexibility index (Phi) is 3.97. The minimum absolute atomic E-state index is 0.144. The molecular formula is C15H22O2. The largest absolute Gasteiger partial charge is 0.508 e. The number of aromatic hydroxyl groups is 1. The lowest BCUT2D eigenvalue weighted by atomic mass is 9.84. The van der Waals surface area contributed by atoms with Crippen molar-refractivity contribution < 1.29 is 9.90 Å². The molecule has 1 rings (SSSR count). The summed E-state index contributed by atoms with van der Waals surface area (Å²) >= 11 is 0. The third kappa shape index (κ3) is 3.58. The molecule has 2 nitrogen and oxygen atoms in total. The maximum Gasteiger partial charge on any atom is 0.163 e. The monoisotopic (exact) mass is 234 g/mol. The molecule has 0 aliphatic carbocycles. The number of rotatable bonds is 3. The molecule has 1 N–H and O–H groups in total. The van der Waals surface area contributed by atoms with Crippen molar-refractivity contribution in [1.29, 1.82) is 0 Å². The summed E-state index contributed by atoms with van der Waals surface area (Å²) in [5.41, 5.74) is 1.37. The minimum Gasteiger partial charge on any atom is -0.508 e. The van der Waals surface area contributed by atoms with Crippen LogP contribution in [-0.4, -0.2) is 10.9 Å². The molecule has 0 radical (unpaired) electrons. The van der Waals surface area contributed by atoms with Crippen molar-refractivity contribution in [3.05, 3.63) is 29.3 Å². The van der Waals surface area contributed by atoms with Crippen molar-refractivity contribution in [2.24, 2.45) is 5.92 Å². The zero-order valence-electron chi connectivity index (χ0n) is 11.4. The van der Waals surface area contributed by atoms with Gasteiger partial charge in [-0.2, -0.15) is 0 Å². The fraction of sp³-hybridized carbons (Fsp3) is 0.533. The van der Waals surface area contributed by atoms with Crippen LogP contribution >= 0.6 is 0 Å². The van der Waals surface area contributed by atoms with E-state index in [0.29, 0.717) is 17.9 Å². The number of carbonyl (C=O) groups is 1. The van der Waals surface area contributed by atoms with Gasteiger partial charge in [0.1, 0.15) is 5.75 Å². The molecule has 17 heavy (non-hydrogen) atoms. The van der Waals surface area contributed by atoms with Crippen molar-refractivity contribution in [3.63, 3.8) is 0 Å². The van der Waals surface area contributed by atoms with Crippen LogP contribution in [0, 0.1) is 5.92 Å². The quantitative estimate of drug-likeness (QED) is 0.805. The van der Waals surface area contributed by atoms with Gasteiger partial charge in [0, 0.05) is 12.0 Å². The Morgan fingerprint density at radius 2 is 1.88 bits per heavy atom. The Morgan fingerprint density at radius 1 is 1.29 bits per heavy atom. The Hall–Kier alpha value is -1.31. The summed E-state index contributed by atoms with van der Waals surface area (Å²) < 4.78 is 0. The molecule has 0 saturated carbocycles. The summed E-state index contributed by atoms with van der Waals surface area (Å²) in [6.45, 7) is 10.1. The first-order valence-electron chi connectivity index (χ1n) is 6.08. The van der Waals surface area contributed by atoms with Gasteiger partial charge in [-0.25, -0.2) is 0 Å². The van der Waals surface area contributed by atoms with Crippen molar-refractivity contribution in [2.75, 3.05) is 0 Å². The van der Waals surface area contributed by atoms with Crippen molar-refractivity contribution in [3.8, 4) is 5.75 Å². The molecule has 94 valence electrons. The first kappa shape index (κ1) is 13.8. The van der Waals surface area contributed by atoms with Gasteiger partial charge in [0.15, 0.2) is 5.78 Å². The first-order chi connectivity index (χ1) is 7.71. The average molecular weight is 234 g/mol. The molecule has 0 heterocycles. The molecular weight excluding hydrogens is 212 g/mol. The van der Waals surface area contributed by atoms with Gasteiger partial charge in [0.25, 0.3) is 0 Å². The van der Waals surface area contributed by atoms with Crippen LogP contribution in [0.4, 0.5) is 0 Å². The predicted molar refractivity (Wildman–Crippen MR) is 70.6 cm³/mol. The van der Waals surface area contributed by atoms with Gasteiger partial charge in [0.2, 0.25) is 0 Å². The van der Waals surface area contributed by atoms with E-state index < -0.39 is 0 Å². The molecule has 0 atom stereocenters. The zero-order chi connectivity index (χ0) is 13.2. The summed E-state index contributed by atoms with van der Waals surface area (Å²) in [6.07, 6.45) is 0.550. The molecule has 0 aromatic heterocycles. The van der Waals surface area contributed by atoms with Gasteiger partial charge in [-0.3, -0.25) is 4.79 Å². The topological polar surface area (TPSA) is 37.3 Å². The van der Waals surface area contributed by atoms with Crippen LogP contribution in [0.3, 0.4) is 0 Å². The molecule has 0 spiro atoms. The Balaban J connectivity index is 3.09. The van der Waals surface area contributed by atoms with Gasteiger partial charge in [-0.15, -0.1) is 0 Å². The van der Waals surface area contributed by atoms with Crippen LogP contribution in [0.15, 0.2) is 18.2 Å². The third-order valence-electron chi connectivity index (χ3n) is 2.72. The van der Waals surface area contributed by atoms with E-state index in [2.05, 4.69) is 0 Å². The van der Waals surface area contributed by atoms with E-state index in [0.717, 1.165) is 5.56 Å². The smallest absolute Gasteiger partial charge is 0.163 e. The highest BCUT2D eigenvalue weighted by Gasteiger charge is 2.20. The minimum atomic E-state index is -0.155. The van der Waals surface area contributed by atoms with E-state index >= 15 is 0 Å². The number of hydrogen-bond acceptors (Lipinski definition) is 2. The first-order valence-corrected chi connectivity index (χ1v) is 6.08. The fourth-order valence-corrected chi connectivity index (χ4v) is 1.80. The zero-order valence-corrected chi connectivity index (χ0v) is 11.4. The second-order valence-corrected chi connectivity index (χ2v) is 6.00. The summed E-state index contributed by atoms with van der Waals surface area (Å²) in [4.78, 5) is 12.0. The van der Waals surface area contributed by atoms with Crippen LogP contribution in [0.2, 0.25) is 0 Å². The van der Waals surface area contributed by atoms with E-state index in [4.69, 9.17) is 0 Å². The number of phenolic OH excluding ortho intramolecular Hbond substituents is 1. The SMILES string of the molecule is CC(C)CC(=O)c1ccc(O)c(C(C)(C)C)c1. The standard InChI is InChI=1S/C15H22O2/c1-10(2)8-14(17)11-6-7-13(16)12(9-11)15(3,4)5/h6-7,9-10,16H,8H2,1-5H3. The van der Waals surface area contributed by atoms with Gasteiger partial charge in [-0.1, -0.05) is 34.6 Å². The Morgan fingerprint density at radius 3 is 2.35 bits per heavy atom. The molecule has 0 aliphatic heterocycles. The second kappa shape index (κ2) is 4.91. The highest BCUT2D eigenvalue weighted by atomic mass is 16.3. The molecule has 1 aromatic carbocycles. The summed E-state index contributed by atoms with van der Waals surface area (Å²) in [5.74, 6) is 0.762. The van der Waals surface area contributed by atoms with Gasteiger partial charge in [0.05, 0.1) is 0 Å². The van der Waals surface area contributed by atoms with Crippen LogP contribution < -0.4 is 0 Å². The Bertz CT molecular complexity index is 411. The molecule has 0 aliphatic rings. The lowest BCUT2D eigenvalue weighted by Crippen LogP contribution is -2.13. The predicted octanol–water partition coefficient (Wildman–Crippen LogP) is 3.92. The highest BCUT2D eigenvalue weighted by Crippen LogP contribution is 2.31. The third-order valence-corrected chi connectivity index (χ3v) is 2.72. The molecule has 2 heteroatoms. The van der Waals surface area contributed by atoms with Crippen molar-refractivity contribution >= 4 is 5.78 Å². The molecule has 0 amide bonds. The lowest BCUT2D eigenvalue weighted by Gasteiger charge is -2.21. The molecule has 0 saturated heterocycles. The van der Waals surface area contributed by atoms with Crippen LogP contribution in [-0.2, 0) is 5.41 Å². The van der Waals surface area contributed by atoms with Crippen LogP contribution in [0.1, 0.15) is 57.0 Å². The molecule has 0 fully saturated rings. The van der Waals surface area contributed by atoms with Crippen molar-refractivity contribution in [1.82, 2.24) is 0 Å². The molecule has 0 bridgehead atoms. The number of Topliss-reactive ketones (excluding diaryl/α,β-unsaturated/α-hetero) is 1.